The molecule has 2 aromatic carbocycles. The molecule has 10 nitrogen and oxygen atoms in total. The second kappa shape index (κ2) is 9.70. The molecule has 0 radical (unpaired) electrons. The number of benzene rings is 2. The number of hydrogen-bond donors (Lipinski definition) is 3. The van der Waals surface area contributed by atoms with E-state index in [0.29, 0.717) is 44.6 Å². The van der Waals surface area contributed by atoms with Crippen molar-refractivity contribution < 1.29 is 17.7 Å². The Balaban J connectivity index is 1.44. The molecular weight excluding hydrogens is 554 g/mol. The molecule has 208 valence electrons. The number of nitrogens with zero attached hydrogens (tertiary/aromatic N) is 6. The lowest BCUT2D eigenvalue weighted by Gasteiger charge is -2.18. The van der Waals surface area contributed by atoms with E-state index in [0.717, 1.165) is 12.1 Å². The highest BCUT2D eigenvalue weighted by atomic mass is 31.2. The van der Waals surface area contributed by atoms with Crippen LogP contribution >= 0.6 is 7.14 Å². The second-order valence-corrected chi connectivity index (χ2v) is 13.0. The van der Waals surface area contributed by atoms with E-state index in [1.165, 1.54) is 17.1 Å². The van der Waals surface area contributed by atoms with Crippen LogP contribution in [0.5, 0.6) is 0 Å². The fourth-order valence-electron chi connectivity index (χ4n) is 4.58. The number of H-pyrrole nitrogens is 1. The molecular formula is C27H23F3N9OP. The van der Waals surface area contributed by atoms with E-state index in [1.54, 1.807) is 63.1 Å². The first-order valence-corrected chi connectivity index (χ1v) is 15.0. The van der Waals surface area contributed by atoms with Gasteiger partial charge in [-0.3, -0.25) is 9.97 Å². The van der Waals surface area contributed by atoms with Crippen molar-refractivity contribution in [3.8, 4) is 5.69 Å². The van der Waals surface area contributed by atoms with Crippen LogP contribution in [0, 0.1) is 6.92 Å². The van der Waals surface area contributed by atoms with E-state index in [9.17, 15) is 17.7 Å². The van der Waals surface area contributed by atoms with Crippen LogP contribution in [0.2, 0.25) is 0 Å². The number of aryl methyl sites for hydroxylation is 1. The summed E-state index contributed by atoms with van der Waals surface area (Å²) in [5.41, 5.74) is 2.30. The van der Waals surface area contributed by atoms with Crippen molar-refractivity contribution in [2.24, 2.45) is 0 Å². The molecule has 4 heterocycles. The summed E-state index contributed by atoms with van der Waals surface area (Å²) in [4.78, 5) is 24.9. The summed E-state index contributed by atoms with van der Waals surface area (Å²) < 4.78 is 56.3. The van der Waals surface area contributed by atoms with E-state index in [1.807, 2.05) is 0 Å². The average molecular weight is 578 g/mol. The highest BCUT2D eigenvalue weighted by Crippen LogP contribution is 2.41. The van der Waals surface area contributed by atoms with Crippen molar-refractivity contribution in [1.82, 2.24) is 34.5 Å². The Labute approximate surface area is 231 Å². The van der Waals surface area contributed by atoms with Crippen LogP contribution in [-0.4, -0.2) is 47.8 Å². The number of alkyl halides is 3. The van der Waals surface area contributed by atoms with E-state index < -0.39 is 18.9 Å². The topological polar surface area (TPSA) is 126 Å². The van der Waals surface area contributed by atoms with E-state index in [-0.39, 0.29) is 17.3 Å². The fraction of sp³-hybridized carbons (Fsp3) is 0.148. The minimum absolute atomic E-state index is 0.0489. The molecule has 0 unspecified atom stereocenters. The fourth-order valence-corrected chi connectivity index (χ4v) is 5.97. The molecule has 0 aliphatic rings. The minimum atomic E-state index is -4.58. The molecule has 41 heavy (non-hydrogen) atoms. The molecule has 0 aliphatic heterocycles. The number of rotatable bonds is 6. The Bertz CT molecular complexity index is 1980. The number of hydrogen-bond acceptors (Lipinski definition) is 8. The summed E-state index contributed by atoms with van der Waals surface area (Å²) >= 11 is 0. The summed E-state index contributed by atoms with van der Waals surface area (Å²) in [6.45, 7) is 5.04. The summed E-state index contributed by atoms with van der Waals surface area (Å²) in [5, 5.41) is 7.32. The van der Waals surface area contributed by atoms with Gasteiger partial charge in [0, 0.05) is 36.2 Å². The minimum Gasteiger partial charge on any atom is -0.346 e. The average Bonchev–Trinajstić information content (AvgIpc) is 3.56. The first-order valence-electron chi connectivity index (χ1n) is 12.4. The number of anilines is 4. The number of aromatic nitrogens is 7. The lowest BCUT2D eigenvalue weighted by atomic mass is 10.1. The van der Waals surface area contributed by atoms with Crippen molar-refractivity contribution in [2.75, 3.05) is 24.0 Å². The van der Waals surface area contributed by atoms with E-state index in [2.05, 4.69) is 40.5 Å². The Morgan fingerprint density at radius 1 is 0.976 bits per heavy atom. The maximum absolute atomic E-state index is 13.8. The van der Waals surface area contributed by atoms with Gasteiger partial charge >= 0.3 is 6.18 Å². The van der Waals surface area contributed by atoms with Gasteiger partial charge in [-0.05, 0) is 56.7 Å². The van der Waals surface area contributed by atoms with Gasteiger partial charge in [0.15, 0.2) is 0 Å². The Morgan fingerprint density at radius 2 is 1.78 bits per heavy atom. The predicted octanol–water partition coefficient (Wildman–Crippen LogP) is 6.15. The first kappa shape index (κ1) is 26.5. The highest BCUT2D eigenvalue weighted by Gasteiger charge is 2.31. The molecule has 0 spiro atoms. The van der Waals surface area contributed by atoms with Crippen LogP contribution in [0.15, 0.2) is 67.5 Å². The molecule has 0 aliphatic carbocycles. The lowest BCUT2D eigenvalue weighted by molar-refractivity contribution is -0.137. The molecule has 14 heteroatoms. The maximum Gasteiger partial charge on any atom is 0.416 e. The third kappa shape index (κ3) is 5.23. The van der Waals surface area contributed by atoms with Crippen molar-refractivity contribution in [2.45, 2.75) is 13.1 Å². The predicted molar refractivity (Wildman–Crippen MR) is 152 cm³/mol. The van der Waals surface area contributed by atoms with Crippen LogP contribution in [-0.2, 0) is 10.7 Å². The van der Waals surface area contributed by atoms with Gasteiger partial charge in [0.1, 0.15) is 24.1 Å². The summed E-state index contributed by atoms with van der Waals surface area (Å²) in [7, 11) is -2.85. The number of nitrogens with one attached hydrogen (secondary N) is 3. The smallest absolute Gasteiger partial charge is 0.346 e. The van der Waals surface area contributed by atoms with Crippen LogP contribution in [0.1, 0.15) is 11.3 Å². The van der Waals surface area contributed by atoms with Gasteiger partial charge in [0.25, 0.3) is 0 Å². The quantitative estimate of drug-likeness (QED) is 0.201. The van der Waals surface area contributed by atoms with Crippen LogP contribution in [0.3, 0.4) is 0 Å². The Morgan fingerprint density at radius 3 is 2.51 bits per heavy atom. The molecule has 0 amide bonds. The number of fused-ring (bicyclic) bond motifs is 2. The normalized spacial score (nSPS) is 12.2. The Hall–Kier alpha value is -4.77. The number of imidazole rings is 1. The van der Waals surface area contributed by atoms with Crippen LogP contribution in [0.25, 0.3) is 27.8 Å². The number of halogens is 3. The molecule has 0 bridgehead atoms. The molecule has 0 saturated heterocycles. The zero-order chi connectivity index (χ0) is 28.9. The van der Waals surface area contributed by atoms with Gasteiger partial charge in [-0.1, -0.05) is 0 Å². The zero-order valence-electron chi connectivity index (χ0n) is 22.0. The van der Waals surface area contributed by atoms with Gasteiger partial charge in [-0.25, -0.2) is 4.98 Å². The van der Waals surface area contributed by atoms with Gasteiger partial charge in [-0.15, -0.1) is 0 Å². The molecule has 0 atom stereocenters. The lowest BCUT2D eigenvalue weighted by Crippen LogP contribution is -2.14. The van der Waals surface area contributed by atoms with E-state index >= 15 is 0 Å². The van der Waals surface area contributed by atoms with Crippen LogP contribution < -0.4 is 15.9 Å². The second-order valence-electron chi connectivity index (χ2n) is 9.81. The molecule has 6 rings (SSSR count). The maximum atomic E-state index is 13.8. The van der Waals surface area contributed by atoms with Crippen molar-refractivity contribution in [1.29, 1.82) is 0 Å². The third-order valence-electron chi connectivity index (χ3n) is 6.33. The standard InChI is InChI=1S/C27H23F3N9OP/c1-15-13-39(14-34-15)18-11-16(27(28,29)30)10-17(12-18)35-26-37-24-19(6-7-33-24)25(38-26)36-21-5-4-20-22(32-9-8-31-20)23(21)41(2,3)40/h4-14H,1-3H3,(H3,33,35,36,37,38). The van der Waals surface area contributed by atoms with Crippen molar-refractivity contribution in [3.63, 3.8) is 0 Å². The largest absolute Gasteiger partial charge is 0.416 e. The molecule has 4 aromatic heterocycles. The van der Waals surface area contributed by atoms with Crippen molar-refractivity contribution >= 4 is 57.7 Å². The number of aromatic amines is 1. The third-order valence-corrected chi connectivity index (χ3v) is 7.86. The summed E-state index contributed by atoms with van der Waals surface area (Å²) in [6.07, 6.45) is 3.28. The van der Waals surface area contributed by atoms with Gasteiger partial charge in [-0.2, -0.15) is 23.1 Å². The van der Waals surface area contributed by atoms with Gasteiger partial charge in [0.05, 0.1) is 39.5 Å². The highest BCUT2D eigenvalue weighted by molar-refractivity contribution is 7.71. The monoisotopic (exact) mass is 577 g/mol. The first-order chi connectivity index (χ1) is 19.5. The van der Waals surface area contributed by atoms with Crippen molar-refractivity contribution in [3.05, 3.63) is 78.8 Å². The molecule has 0 saturated carbocycles. The van der Waals surface area contributed by atoms with E-state index in [4.69, 9.17) is 0 Å². The Kier molecular flexibility index (Phi) is 6.26. The SMILES string of the molecule is Cc1cn(-c2cc(Nc3nc(Nc4ccc5nccnc5c4P(C)(C)=O)c4cc[nH]c4n3)cc(C(F)(F)F)c2)cn1. The molecule has 3 N–H and O–H groups in total. The van der Waals surface area contributed by atoms with Gasteiger partial charge < -0.3 is 24.7 Å². The zero-order valence-corrected chi connectivity index (χ0v) is 22.9. The van der Waals surface area contributed by atoms with Crippen LogP contribution in [0.4, 0.5) is 36.3 Å². The molecule has 0 fully saturated rings. The summed E-state index contributed by atoms with van der Waals surface area (Å²) in [5.74, 6) is 0.405. The molecule has 6 aromatic rings. The summed E-state index contributed by atoms with van der Waals surface area (Å²) in [6, 6.07) is 8.88. The van der Waals surface area contributed by atoms with Gasteiger partial charge in [0.2, 0.25) is 5.95 Å².